The first-order chi connectivity index (χ1) is 9.59. The normalized spacial score (nSPS) is 17.8. The van der Waals surface area contributed by atoms with Gasteiger partial charge in [0.05, 0.1) is 11.5 Å². The fourth-order valence-electron chi connectivity index (χ4n) is 2.25. The number of likely N-dealkylation sites (N-methyl/N-ethyl adjacent to an activating group) is 1. The number of nitrogens with one attached hydrogen (secondary N) is 2. The number of hydrogen-bond donors (Lipinski definition) is 2. The fraction of sp³-hybridized carbons (Fsp3) is 0.462. The van der Waals surface area contributed by atoms with E-state index in [-0.39, 0.29) is 24.2 Å². The van der Waals surface area contributed by atoms with E-state index in [1.54, 1.807) is 30.1 Å². The highest BCUT2D eigenvalue weighted by molar-refractivity contribution is 5.82. The smallest absolute Gasteiger partial charge is 0.292 e. The zero-order valence-electron chi connectivity index (χ0n) is 11.3. The molecule has 0 saturated carbocycles. The second-order valence-electron chi connectivity index (χ2n) is 4.78. The Balaban J connectivity index is 1.94. The molecule has 108 valence electrons. The van der Waals surface area contributed by atoms with Crippen molar-refractivity contribution in [3.63, 3.8) is 0 Å². The van der Waals surface area contributed by atoms with Crippen molar-refractivity contribution in [2.75, 3.05) is 32.0 Å². The van der Waals surface area contributed by atoms with E-state index in [4.69, 9.17) is 0 Å². The number of carbonyl (C=O) groups excluding carboxylic acids is 1. The molecule has 1 aliphatic heterocycles. The average Bonchev–Trinajstić information content (AvgIpc) is 2.98. The summed E-state index contributed by atoms with van der Waals surface area (Å²) in [5, 5.41) is 16.9. The van der Waals surface area contributed by atoms with E-state index in [0.29, 0.717) is 5.69 Å². The largest absolute Gasteiger partial charge is 0.371 e. The van der Waals surface area contributed by atoms with E-state index in [2.05, 4.69) is 10.6 Å². The highest BCUT2D eigenvalue weighted by Crippen LogP contribution is 2.22. The number of nitrogens with zero attached hydrogens (tertiary/aromatic N) is 2. The molecule has 0 radical (unpaired) electrons. The van der Waals surface area contributed by atoms with E-state index in [1.807, 2.05) is 0 Å². The molecular weight excluding hydrogens is 260 g/mol. The van der Waals surface area contributed by atoms with Crippen molar-refractivity contribution < 1.29 is 9.72 Å². The lowest BCUT2D eigenvalue weighted by atomic mass is 10.2. The molecule has 2 rings (SSSR count). The molecule has 1 fully saturated rings. The van der Waals surface area contributed by atoms with Gasteiger partial charge in [-0.15, -0.1) is 0 Å². The van der Waals surface area contributed by atoms with Crippen LogP contribution in [0.3, 0.4) is 0 Å². The maximum absolute atomic E-state index is 12.1. The molecule has 1 unspecified atom stereocenters. The van der Waals surface area contributed by atoms with Crippen LogP contribution < -0.4 is 10.6 Å². The van der Waals surface area contributed by atoms with E-state index < -0.39 is 4.92 Å². The maximum atomic E-state index is 12.1. The minimum atomic E-state index is -0.461. The number of benzene rings is 1. The van der Waals surface area contributed by atoms with Crippen molar-refractivity contribution >= 4 is 17.3 Å². The Kier molecular flexibility index (Phi) is 4.52. The van der Waals surface area contributed by atoms with Crippen LogP contribution in [0.1, 0.15) is 6.42 Å². The van der Waals surface area contributed by atoms with Gasteiger partial charge in [-0.05, 0) is 19.0 Å². The summed E-state index contributed by atoms with van der Waals surface area (Å²) in [5.41, 5.74) is 0.342. The Morgan fingerprint density at radius 3 is 2.95 bits per heavy atom. The molecule has 1 atom stereocenters. The van der Waals surface area contributed by atoms with Gasteiger partial charge < -0.3 is 15.5 Å². The van der Waals surface area contributed by atoms with Gasteiger partial charge in [-0.1, -0.05) is 12.1 Å². The topological polar surface area (TPSA) is 87.5 Å². The zero-order chi connectivity index (χ0) is 14.5. The van der Waals surface area contributed by atoms with Gasteiger partial charge >= 0.3 is 0 Å². The number of carbonyl (C=O) groups is 1. The molecule has 1 amide bonds. The molecule has 7 nitrogen and oxygen atoms in total. The van der Waals surface area contributed by atoms with Gasteiger partial charge in [0.2, 0.25) is 5.91 Å². The third kappa shape index (κ3) is 3.24. The van der Waals surface area contributed by atoms with E-state index in [9.17, 15) is 14.9 Å². The summed E-state index contributed by atoms with van der Waals surface area (Å²) in [6, 6.07) is 6.52. The fourth-order valence-corrected chi connectivity index (χ4v) is 2.25. The summed E-state index contributed by atoms with van der Waals surface area (Å²) in [4.78, 5) is 24.2. The molecule has 1 heterocycles. The van der Waals surface area contributed by atoms with Crippen molar-refractivity contribution in [2.24, 2.45) is 0 Å². The third-order valence-corrected chi connectivity index (χ3v) is 3.51. The summed E-state index contributed by atoms with van der Waals surface area (Å²) < 4.78 is 0. The van der Waals surface area contributed by atoms with Gasteiger partial charge in [-0.25, -0.2) is 0 Å². The first-order valence-electron chi connectivity index (χ1n) is 6.53. The predicted octanol–water partition coefficient (Wildman–Crippen LogP) is 0.827. The highest BCUT2D eigenvalue weighted by Gasteiger charge is 2.23. The Bertz CT molecular complexity index is 500. The summed E-state index contributed by atoms with van der Waals surface area (Å²) in [7, 11) is 1.76. The molecule has 0 spiro atoms. The lowest BCUT2D eigenvalue weighted by Gasteiger charge is -2.24. The minimum Gasteiger partial charge on any atom is -0.371 e. The molecule has 7 heteroatoms. The van der Waals surface area contributed by atoms with Crippen LogP contribution in [0.15, 0.2) is 24.3 Å². The van der Waals surface area contributed by atoms with E-state index >= 15 is 0 Å². The molecule has 0 aliphatic carbocycles. The van der Waals surface area contributed by atoms with Gasteiger partial charge in [0.15, 0.2) is 0 Å². The second kappa shape index (κ2) is 6.33. The van der Waals surface area contributed by atoms with Crippen molar-refractivity contribution in [1.29, 1.82) is 0 Å². The van der Waals surface area contributed by atoms with Crippen LogP contribution in [0.4, 0.5) is 11.4 Å². The number of para-hydroxylation sites is 2. The lowest BCUT2D eigenvalue weighted by Crippen LogP contribution is -2.41. The van der Waals surface area contributed by atoms with Gasteiger partial charge in [0, 0.05) is 25.7 Å². The highest BCUT2D eigenvalue weighted by atomic mass is 16.6. The SMILES string of the molecule is CN(C(=O)CNc1ccccc1[N+](=O)[O-])C1CCNC1. The molecule has 20 heavy (non-hydrogen) atoms. The molecule has 0 bridgehead atoms. The number of hydrogen-bond acceptors (Lipinski definition) is 5. The number of anilines is 1. The van der Waals surface area contributed by atoms with Crippen LogP contribution in [0.25, 0.3) is 0 Å². The monoisotopic (exact) mass is 278 g/mol. The van der Waals surface area contributed by atoms with Crippen LogP contribution in [-0.2, 0) is 4.79 Å². The van der Waals surface area contributed by atoms with Gasteiger partial charge in [-0.2, -0.15) is 0 Å². The van der Waals surface area contributed by atoms with Crippen LogP contribution in [0, 0.1) is 10.1 Å². The van der Waals surface area contributed by atoms with Gasteiger partial charge in [0.1, 0.15) is 5.69 Å². The number of nitro benzene ring substituents is 1. The van der Waals surface area contributed by atoms with Crippen LogP contribution in [0.2, 0.25) is 0 Å². The summed E-state index contributed by atoms with van der Waals surface area (Å²) in [6.07, 6.45) is 0.938. The summed E-state index contributed by atoms with van der Waals surface area (Å²) in [5.74, 6) is -0.0724. The van der Waals surface area contributed by atoms with Crippen molar-refractivity contribution in [3.8, 4) is 0 Å². The quantitative estimate of drug-likeness (QED) is 0.615. The molecule has 0 aromatic heterocycles. The molecule has 2 N–H and O–H groups in total. The van der Waals surface area contributed by atoms with E-state index in [1.165, 1.54) is 6.07 Å². The van der Waals surface area contributed by atoms with Crippen LogP contribution in [-0.4, -0.2) is 48.5 Å². The molecule has 1 aromatic rings. The standard InChI is InChI=1S/C13H18N4O3/c1-16(10-6-7-14-8-10)13(18)9-15-11-4-2-3-5-12(11)17(19)20/h2-5,10,14-15H,6-9H2,1H3. The average molecular weight is 278 g/mol. The summed E-state index contributed by atoms with van der Waals surface area (Å²) >= 11 is 0. The maximum Gasteiger partial charge on any atom is 0.292 e. The van der Waals surface area contributed by atoms with E-state index in [0.717, 1.165) is 19.5 Å². The van der Waals surface area contributed by atoms with Crippen molar-refractivity contribution in [2.45, 2.75) is 12.5 Å². The second-order valence-corrected chi connectivity index (χ2v) is 4.78. The van der Waals surface area contributed by atoms with Crippen LogP contribution in [0.5, 0.6) is 0 Å². The first-order valence-corrected chi connectivity index (χ1v) is 6.53. The molecular formula is C13H18N4O3. The van der Waals surface area contributed by atoms with Gasteiger partial charge in [0.25, 0.3) is 5.69 Å². The van der Waals surface area contributed by atoms with Crippen molar-refractivity contribution in [1.82, 2.24) is 10.2 Å². The Morgan fingerprint density at radius 1 is 1.55 bits per heavy atom. The molecule has 1 aromatic carbocycles. The third-order valence-electron chi connectivity index (χ3n) is 3.51. The Labute approximate surface area is 117 Å². The Morgan fingerprint density at radius 2 is 2.30 bits per heavy atom. The zero-order valence-corrected chi connectivity index (χ0v) is 11.3. The lowest BCUT2D eigenvalue weighted by molar-refractivity contribution is -0.383. The first kappa shape index (κ1) is 14.3. The number of rotatable bonds is 5. The molecule has 1 aliphatic rings. The Hall–Kier alpha value is -2.15. The molecule has 1 saturated heterocycles. The van der Waals surface area contributed by atoms with Gasteiger partial charge in [-0.3, -0.25) is 14.9 Å². The summed E-state index contributed by atoms with van der Waals surface area (Å²) in [6.45, 7) is 1.77. The van der Waals surface area contributed by atoms with Crippen LogP contribution >= 0.6 is 0 Å². The predicted molar refractivity (Wildman–Crippen MR) is 75.6 cm³/mol. The van der Waals surface area contributed by atoms with Crippen molar-refractivity contribution in [3.05, 3.63) is 34.4 Å². The number of nitro groups is 1. The number of amides is 1. The minimum absolute atomic E-state index is 0.0227.